The van der Waals surface area contributed by atoms with Gasteiger partial charge in [0, 0.05) is 18.3 Å². The number of pyridine rings is 1. The normalized spacial score (nSPS) is 11.0. The second-order valence-corrected chi connectivity index (χ2v) is 4.81. The van der Waals surface area contributed by atoms with E-state index in [0.29, 0.717) is 11.4 Å². The maximum atomic E-state index is 13.4. The smallest absolute Gasteiger partial charge is 0.387 e. The van der Waals surface area contributed by atoms with Gasteiger partial charge in [0.2, 0.25) is 0 Å². The average molecular weight is 336 g/mol. The van der Waals surface area contributed by atoms with Crippen LogP contribution in [-0.4, -0.2) is 26.2 Å². The number of nitrogens with zero attached hydrogens (tertiary/aromatic N) is 4. The van der Waals surface area contributed by atoms with Crippen LogP contribution in [0.5, 0.6) is 5.75 Å². The molecular formula is C15H11F3N4O2. The molecule has 0 N–H and O–H groups in total. The third kappa shape index (κ3) is 3.45. The standard InChI is InChI=1S/C15H11F3N4O2/c16-12-5-4-11(7-13(12)24-15(17)18)22-9-10(19-20-22)8-21-6-2-1-3-14(21)23/h1-7,9,15H,8H2. The summed E-state index contributed by atoms with van der Waals surface area (Å²) in [4.78, 5) is 11.7. The molecule has 24 heavy (non-hydrogen) atoms. The van der Waals surface area contributed by atoms with Crippen LogP contribution < -0.4 is 10.3 Å². The second kappa shape index (κ2) is 6.57. The van der Waals surface area contributed by atoms with Crippen molar-refractivity contribution in [3.05, 3.63) is 70.7 Å². The highest BCUT2D eigenvalue weighted by molar-refractivity contribution is 5.39. The highest BCUT2D eigenvalue weighted by Crippen LogP contribution is 2.22. The number of aromatic nitrogens is 4. The Bertz CT molecular complexity index is 907. The van der Waals surface area contributed by atoms with E-state index in [4.69, 9.17) is 0 Å². The zero-order valence-electron chi connectivity index (χ0n) is 12.1. The first-order valence-corrected chi connectivity index (χ1v) is 6.84. The number of hydrogen-bond donors (Lipinski definition) is 0. The van der Waals surface area contributed by atoms with Gasteiger partial charge in [-0.05, 0) is 18.2 Å². The van der Waals surface area contributed by atoms with Crippen molar-refractivity contribution >= 4 is 0 Å². The van der Waals surface area contributed by atoms with E-state index in [-0.39, 0.29) is 12.1 Å². The number of halogens is 3. The zero-order chi connectivity index (χ0) is 17.1. The van der Waals surface area contributed by atoms with Gasteiger partial charge >= 0.3 is 6.61 Å². The van der Waals surface area contributed by atoms with E-state index < -0.39 is 18.2 Å². The fourth-order valence-electron chi connectivity index (χ4n) is 2.08. The number of hydrogen-bond acceptors (Lipinski definition) is 4. The maximum absolute atomic E-state index is 13.4. The van der Waals surface area contributed by atoms with Crippen LogP contribution in [0, 0.1) is 5.82 Å². The Morgan fingerprint density at radius 1 is 1.21 bits per heavy atom. The van der Waals surface area contributed by atoms with E-state index in [0.717, 1.165) is 12.1 Å². The van der Waals surface area contributed by atoms with Crippen LogP contribution in [-0.2, 0) is 6.54 Å². The molecule has 0 aliphatic carbocycles. The summed E-state index contributed by atoms with van der Waals surface area (Å²) in [6, 6.07) is 8.18. The summed E-state index contributed by atoms with van der Waals surface area (Å²) in [7, 11) is 0. The van der Waals surface area contributed by atoms with Crippen molar-refractivity contribution in [1.29, 1.82) is 0 Å². The fraction of sp³-hybridized carbons (Fsp3) is 0.133. The molecule has 0 spiro atoms. The van der Waals surface area contributed by atoms with Gasteiger partial charge in [0.25, 0.3) is 5.56 Å². The maximum Gasteiger partial charge on any atom is 0.387 e. The van der Waals surface area contributed by atoms with Crippen molar-refractivity contribution in [2.75, 3.05) is 0 Å². The Kier molecular flexibility index (Phi) is 4.32. The van der Waals surface area contributed by atoms with Crippen LogP contribution in [0.25, 0.3) is 5.69 Å². The van der Waals surface area contributed by atoms with Crippen LogP contribution in [0.2, 0.25) is 0 Å². The Hall–Kier alpha value is -3.10. The lowest BCUT2D eigenvalue weighted by Crippen LogP contribution is -2.18. The molecule has 9 heteroatoms. The molecule has 0 radical (unpaired) electrons. The minimum Gasteiger partial charge on any atom is -0.432 e. The fourth-order valence-corrected chi connectivity index (χ4v) is 2.08. The monoisotopic (exact) mass is 336 g/mol. The molecule has 0 atom stereocenters. The lowest BCUT2D eigenvalue weighted by molar-refractivity contribution is -0.0521. The van der Waals surface area contributed by atoms with Gasteiger partial charge < -0.3 is 9.30 Å². The van der Waals surface area contributed by atoms with Crippen molar-refractivity contribution in [2.24, 2.45) is 0 Å². The van der Waals surface area contributed by atoms with E-state index in [1.807, 2.05) is 0 Å². The predicted molar refractivity (Wildman–Crippen MR) is 77.8 cm³/mol. The van der Waals surface area contributed by atoms with E-state index in [1.54, 1.807) is 18.3 Å². The molecule has 6 nitrogen and oxygen atoms in total. The highest BCUT2D eigenvalue weighted by Gasteiger charge is 2.12. The minimum absolute atomic E-state index is 0.193. The lowest BCUT2D eigenvalue weighted by Gasteiger charge is -2.07. The summed E-state index contributed by atoms with van der Waals surface area (Å²) in [5, 5.41) is 7.76. The van der Waals surface area contributed by atoms with E-state index in [9.17, 15) is 18.0 Å². The summed E-state index contributed by atoms with van der Waals surface area (Å²) in [5.74, 6) is -1.49. The van der Waals surface area contributed by atoms with E-state index in [2.05, 4.69) is 15.0 Å². The van der Waals surface area contributed by atoms with Gasteiger partial charge in [-0.3, -0.25) is 4.79 Å². The molecule has 2 aromatic heterocycles. The molecule has 0 saturated carbocycles. The molecule has 0 aliphatic heterocycles. The SMILES string of the molecule is O=c1ccccn1Cc1cn(-c2ccc(F)c(OC(F)F)c2)nn1. The van der Waals surface area contributed by atoms with Gasteiger partial charge in [-0.1, -0.05) is 11.3 Å². The number of benzene rings is 1. The molecule has 0 amide bonds. The van der Waals surface area contributed by atoms with Crippen molar-refractivity contribution in [3.63, 3.8) is 0 Å². The van der Waals surface area contributed by atoms with Crippen LogP contribution in [0.3, 0.4) is 0 Å². The van der Waals surface area contributed by atoms with Crippen LogP contribution in [0.15, 0.2) is 53.6 Å². The van der Waals surface area contributed by atoms with Crippen LogP contribution in [0.4, 0.5) is 13.2 Å². The van der Waals surface area contributed by atoms with Gasteiger partial charge in [0.15, 0.2) is 11.6 Å². The first-order chi connectivity index (χ1) is 11.5. The Balaban J connectivity index is 1.85. The van der Waals surface area contributed by atoms with E-state index in [1.165, 1.54) is 27.6 Å². The number of ether oxygens (including phenoxy) is 1. The quantitative estimate of drug-likeness (QED) is 0.717. The van der Waals surface area contributed by atoms with E-state index >= 15 is 0 Å². The molecule has 1 aromatic carbocycles. The molecule has 0 unspecified atom stereocenters. The number of rotatable bonds is 5. The minimum atomic E-state index is -3.13. The summed E-state index contributed by atoms with van der Waals surface area (Å²) in [6.07, 6.45) is 3.12. The topological polar surface area (TPSA) is 61.9 Å². The number of alkyl halides is 2. The predicted octanol–water partition coefficient (Wildman–Crippen LogP) is 2.22. The molecular weight excluding hydrogens is 325 g/mol. The summed E-state index contributed by atoms with van der Waals surface area (Å²) in [6.45, 7) is -2.94. The van der Waals surface area contributed by atoms with Crippen molar-refractivity contribution in [2.45, 2.75) is 13.2 Å². The van der Waals surface area contributed by atoms with Crippen LogP contribution in [0.1, 0.15) is 5.69 Å². The first kappa shape index (κ1) is 15.8. The van der Waals surface area contributed by atoms with Gasteiger partial charge in [0.1, 0.15) is 5.69 Å². The second-order valence-electron chi connectivity index (χ2n) is 4.81. The molecule has 0 bridgehead atoms. The summed E-state index contributed by atoms with van der Waals surface area (Å²) in [5.41, 5.74) is 0.580. The third-order valence-electron chi connectivity index (χ3n) is 3.17. The molecule has 0 aliphatic rings. The lowest BCUT2D eigenvalue weighted by atomic mass is 10.3. The molecule has 124 valence electrons. The largest absolute Gasteiger partial charge is 0.432 e. The van der Waals surface area contributed by atoms with Crippen molar-refractivity contribution in [3.8, 4) is 11.4 Å². The Morgan fingerprint density at radius 3 is 2.79 bits per heavy atom. The molecule has 3 aromatic rings. The first-order valence-electron chi connectivity index (χ1n) is 6.84. The Labute approximate surface area is 133 Å². The van der Waals surface area contributed by atoms with Gasteiger partial charge in [-0.25, -0.2) is 9.07 Å². The van der Waals surface area contributed by atoms with Crippen LogP contribution >= 0.6 is 0 Å². The highest BCUT2D eigenvalue weighted by atomic mass is 19.3. The molecule has 0 fully saturated rings. The molecule has 3 rings (SSSR count). The van der Waals surface area contributed by atoms with Gasteiger partial charge in [-0.2, -0.15) is 8.78 Å². The molecule has 0 saturated heterocycles. The average Bonchev–Trinajstić information content (AvgIpc) is 3.00. The van der Waals surface area contributed by atoms with Gasteiger partial charge in [-0.15, -0.1) is 5.10 Å². The molecule has 2 heterocycles. The van der Waals surface area contributed by atoms with Crippen molar-refractivity contribution < 1.29 is 17.9 Å². The zero-order valence-corrected chi connectivity index (χ0v) is 12.1. The Morgan fingerprint density at radius 2 is 2.04 bits per heavy atom. The third-order valence-corrected chi connectivity index (χ3v) is 3.17. The summed E-state index contributed by atoms with van der Waals surface area (Å²) < 4.78 is 44.8. The van der Waals surface area contributed by atoms with Crippen molar-refractivity contribution in [1.82, 2.24) is 19.6 Å². The van der Waals surface area contributed by atoms with Gasteiger partial charge in [0.05, 0.1) is 18.4 Å². The summed E-state index contributed by atoms with van der Waals surface area (Å²) >= 11 is 0.